The Bertz CT molecular complexity index is 1560. The normalized spacial score (nSPS) is 25.8. The molecule has 1 N–H and O–H groups in total. The lowest BCUT2D eigenvalue weighted by molar-refractivity contribution is 0.0955. The van der Waals surface area contributed by atoms with Crippen LogP contribution in [0.2, 0.25) is 0 Å². The zero-order valence-corrected chi connectivity index (χ0v) is 23.5. The minimum Gasteiger partial charge on any atom is -0.508 e. The van der Waals surface area contributed by atoms with E-state index in [1.54, 1.807) is 30.5 Å². The van der Waals surface area contributed by atoms with Gasteiger partial charge in [-0.3, -0.25) is 0 Å². The van der Waals surface area contributed by atoms with Gasteiger partial charge in [-0.05, 0) is 103 Å². The van der Waals surface area contributed by atoms with E-state index in [-0.39, 0.29) is 18.1 Å². The van der Waals surface area contributed by atoms with Gasteiger partial charge in [-0.15, -0.1) is 0 Å². The summed E-state index contributed by atoms with van der Waals surface area (Å²) in [6, 6.07) is 11.0. The van der Waals surface area contributed by atoms with E-state index >= 15 is 0 Å². The van der Waals surface area contributed by atoms with Crippen molar-refractivity contribution in [3.8, 4) is 17.2 Å². The van der Waals surface area contributed by atoms with Crippen LogP contribution in [0.1, 0.15) is 67.2 Å². The molecule has 0 radical (unpaired) electrons. The largest absolute Gasteiger partial charge is 0.508 e. The third-order valence-electron chi connectivity index (χ3n) is 9.58. The van der Waals surface area contributed by atoms with Crippen LogP contribution in [0.15, 0.2) is 52.7 Å². The third kappa shape index (κ3) is 4.92. The Morgan fingerprint density at radius 1 is 0.976 bits per heavy atom. The van der Waals surface area contributed by atoms with Gasteiger partial charge in [0.1, 0.15) is 18.1 Å². The summed E-state index contributed by atoms with van der Waals surface area (Å²) >= 11 is 0. The smallest absolute Gasteiger partial charge is 0.203 e. The average molecular weight is 581 g/mol. The molecule has 0 aromatic heterocycles. The second-order valence-electron chi connectivity index (χ2n) is 11.7. The summed E-state index contributed by atoms with van der Waals surface area (Å²) in [6.07, 6.45) is 7.79. The van der Waals surface area contributed by atoms with E-state index in [0.717, 1.165) is 44.2 Å². The highest BCUT2D eigenvalue weighted by Gasteiger charge is 2.53. The van der Waals surface area contributed by atoms with E-state index in [2.05, 4.69) is 23.2 Å². The Morgan fingerprint density at radius 2 is 1.76 bits per heavy atom. The number of aromatic hydroxyl groups is 1. The van der Waals surface area contributed by atoms with Crippen molar-refractivity contribution in [2.75, 3.05) is 7.11 Å². The first kappa shape index (κ1) is 28.2. The number of benzene rings is 3. The number of hydrogen-bond donors (Lipinski definition) is 1. The molecule has 0 saturated heterocycles. The topological polar surface area (TPSA) is 63.4 Å². The van der Waals surface area contributed by atoms with Crippen LogP contribution in [-0.2, 0) is 13.0 Å². The number of phenols is 1. The lowest BCUT2D eigenvalue weighted by atomic mass is 9.55. The van der Waals surface area contributed by atoms with Gasteiger partial charge < -0.3 is 14.6 Å². The summed E-state index contributed by atoms with van der Waals surface area (Å²) in [6.45, 7) is 1.93. The Balaban J connectivity index is 1.18. The molecule has 0 bridgehead atoms. The zero-order valence-electron chi connectivity index (χ0n) is 23.5. The fourth-order valence-corrected chi connectivity index (χ4v) is 7.51. The van der Waals surface area contributed by atoms with E-state index in [0.29, 0.717) is 40.4 Å². The van der Waals surface area contributed by atoms with Crippen LogP contribution in [0.25, 0.3) is 0 Å². The molecule has 3 aliphatic rings. The van der Waals surface area contributed by atoms with Crippen molar-refractivity contribution in [1.82, 2.24) is 0 Å². The highest BCUT2D eigenvalue weighted by atomic mass is 19.2. The van der Waals surface area contributed by atoms with Gasteiger partial charge in [-0.25, -0.2) is 8.78 Å². The molecular formula is C33H32F4N2O3. The van der Waals surface area contributed by atoms with Gasteiger partial charge in [-0.2, -0.15) is 19.0 Å². The summed E-state index contributed by atoms with van der Waals surface area (Å²) < 4.78 is 65.8. The van der Waals surface area contributed by atoms with E-state index in [9.17, 15) is 22.7 Å². The van der Waals surface area contributed by atoms with Crippen molar-refractivity contribution in [2.24, 2.45) is 27.5 Å². The van der Waals surface area contributed by atoms with E-state index in [4.69, 9.17) is 9.47 Å². The molecule has 42 heavy (non-hydrogen) atoms. The minimum absolute atomic E-state index is 0.0137. The van der Waals surface area contributed by atoms with Crippen molar-refractivity contribution < 1.29 is 32.1 Å². The third-order valence-corrected chi connectivity index (χ3v) is 9.58. The maximum Gasteiger partial charge on any atom is 0.203 e. The molecule has 0 aliphatic heterocycles. The minimum atomic E-state index is -1.60. The van der Waals surface area contributed by atoms with Gasteiger partial charge in [-0.1, -0.05) is 13.0 Å². The molecule has 2 saturated carbocycles. The molecule has 0 heterocycles. The maximum absolute atomic E-state index is 14.1. The van der Waals surface area contributed by atoms with Gasteiger partial charge in [0.2, 0.25) is 11.6 Å². The van der Waals surface area contributed by atoms with E-state index in [1.165, 1.54) is 18.2 Å². The fraction of sp³-hybridized carbons (Fsp3) is 0.394. The molecule has 9 heteroatoms. The number of nitrogens with zero attached hydrogens (tertiary/aromatic N) is 2. The number of ether oxygens (including phenoxy) is 2. The Morgan fingerprint density at radius 3 is 2.52 bits per heavy atom. The monoisotopic (exact) mass is 580 g/mol. The summed E-state index contributed by atoms with van der Waals surface area (Å²) in [4.78, 5) is 0. The molecule has 3 aromatic rings. The zero-order chi connectivity index (χ0) is 29.6. The quantitative estimate of drug-likeness (QED) is 0.140. The van der Waals surface area contributed by atoms with Crippen LogP contribution >= 0.6 is 0 Å². The highest BCUT2D eigenvalue weighted by Crippen LogP contribution is 2.60. The first-order valence-corrected chi connectivity index (χ1v) is 14.2. The van der Waals surface area contributed by atoms with Gasteiger partial charge >= 0.3 is 0 Å². The summed E-state index contributed by atoms with van der Waals surface area (Å²) in [5.74, 6) is -5.06. The fourth-order valence-electron chi connectivity index (χ4n) is 7.51. The lowest BCUT2D eigenvalue weighted by Crippen LogP contribution is -2.42. The van der Waals surface area contributed by atoms with E-state index < -0.39 is 29.0 Å². The molecule has 220 valence electrons. The van der Waals surface area contributed by atoms with Crippen molar-refractivity contribution >= 4 is 11.9 Å². The summed E-state index contributed by atoms with van der Waals surface area (Å²) in [7, 11) is 1.43. The second-order valence-corrected chi connectivity index (χ2v) is 11.7. The van der Waals surface area contributed by atoms with Crippen molar-refractivity contribution in [3.63, 3.8) is 0 Å². The average Bonchev–Trinajstić information content (AvgIpc) is 3.32. The van der Waals surface area contributed by atoms with Crippen LogP contribution in [0, 0.1) is 40.5 Å². The molecular weight excluding hydrogens is 548 g/mol. The SMILES string of the molecule is COc1ccc(/C=N\N=C2\CC[C@H]3[C@H]4CCc5cc(O)ccc5[C@@H]4CC[C@]23C)cc1COc1c(F)c(F)cc(F)c1F. The molecule has 4 atom stereocenters. The van der Waals surface area contributed by atoms with Gasteiger partial charge in [0.25, 0.3) is 0 Å². The number of rotatable bonds is 6. The van der Waals surface area contributed by atoms with Crippen LogP contribution in [-0.4, -0.2) is 24.1 Å². The molecule has 6 rings (SSSR count). The number of fused-ring (bicyclic) bond motifs is 5. The van der Waals surface area contributed by atoms with Crippen LogP contribution < -0.4 is 9.47 Å². The summed E-state index contributed by atoms with van der Waals surface area (Å²) in [5, 5.41) is 19.0. The van der Waals surface area contributed by atoms with Crippen LogP contribution in [0.4, 0.5) is 17.6 Å². The number of halogens is 4. The lowest BCUT2D eigenvalue weighted by Gasteiger charge is -2.49. The van der Waals surface area contributed by atoms with Crippen molar-refractivity contribution in [2.45, 2.75) is 58.0 Å². The Kier molecular flexibility index (Phi) is 7.45. The molecule has 0 spiro atoms. The second kappa shape index (κ2) is 11.1. The Labute approximate surface area is 241 Å². The van der Waals surface area contributed by atoms with Gasteiger partial charge in [0, 0.05) is 22.8 Å². The molecule has 3 aliphatic carbocycles. The molecule has 5 nitrogen and oxygen atoms in total. The standard InChI is InChI=1S/C33H32F4N2O3/c1-33-12-11-23-22-7-5-21(40)14-19(22)4-6-24(23)25(33)8-10-29(33)39-38-16-18-3-9-28(41-2)20(13-18)17-42-32-30(36)26(34)15-27(35)31(32)37/h3,5,7,9,13-16,23-25,40H,4,6,8,10-12,17H2,1-2H3/b38-16-,39-29-/t23-,24-,25-,33-/m0/s1. The summed E-state index contributed by atoms with van der Waals surface area (Å²) in [5.41, 5.74) is 4.83. The highest BCUT2D eigenvalue weighted by molar-refractivity contribution is 5.93. The number of methoxy groups -OCH3 is 1. The first-order valence-electron chi connectivity index (χ1n) is 14.2. The van der Waals surface area contributed by atoms with Crippen LogP contribution in [0.5, 0.6) is 17.2 Å². The van der Waals surface area contributed by atoms with Gasteiger partial charge in [0.15, 0.2) is 17.4 Å². The predicted octanol–water partition coefficient (Wildman–Crippen LogP) is 7.87. The molecule has 0 unspecified atom stereocenters. The van der Waals surface area contributed by atoms with E-state index in [1.807, 2.05) is 6.07 Å². The number of aryl methyl sites for hydroxylation is 1. The van der Waals surface area contributed by atoms with Crippen LogP contribution in [0.3, 0.4) is 0 Å². The Hall–Kier alpha value is -3.88. The molecule has 0 amide bonds. The van der Waals surface area contributed by atoms with Gasteiger partial charge in [0.05, 0.1) is 13.3 Å². The van der Waals surface area contributed by atoms with Crippen molar-refractivity contribution in [1.29, 1.82) is 0 Å². The van der Waals surface area contributed by atoms with Crippen molar-refractivity contribution in [3.05, 3.63) is 88.0 Å². The molecule has 2 fully saturated rings. The molecule has 3 aromatic carbocycles. The predicted molar refractivity (Wildman–Crippen MR) is 151 cm³/mol. The first-order chi connectivity index (χ1) is 20.2. The number of hydrogen-bond acceptors (Lipinski definition) is 5. The number of phenolic OH excluding ortho intramolecular Hbond substituents is 1. The maximum atomic E-state index is 14.1.